The summed E-state index contributed by atoms with van der Waals surface area (Å²) in [7, 11) is 0. The predicted molar refractivity (Wildman–Crippen MR) is 225 cm³/mol. The number of hydrogen-bond donors (Lipinski definition) is 0. The van der Waals surface area contributed by atoms with Crippen molar-refractivity contribution in [3.63, 3.8) is 0 Å². The lowest BCUT2D eigenvalue weighted by Gasteiger charge is -2.19. The maximum atomic E-state index is 5.08. The molecule has 0 N–H and O–H groups in total. The van der Waals surface area contributed by atoms with E-state index >= 15 is 0 Å². The number of imidazole rings is 1. The van der Waals surface area contributed by atoms with Gasteiger partial charge in [-0.2, -0.15) is 0 Å². The Labute approximate surface area is 306 Å². The number of fused-ring (bicyclic) bond motifs is 7. The van der Waals surface area contributed by atoms with Crippen molar-refractivity contribution in [2.75, 3.05) is 0 Å². The van der Waals surface area contributed by atoms with E-state index in [0.717, 1.165) is 28.1 Å². The molecule has 10 aromatic carbocycles. The first kappa shape index (κ1) is 29.7. The molecule has 2 heteroatoms. The van der Waals surface area contributed by atoms with Crippen molar-refractivity contribution in [3.05, 3.63) is 194 Å². The second-order valence-corrected chi connectivity index (χ2v) is 13.9. The summed E-state index contributed by atoms with van der Waals surface area (Å²) in [6.07, 6.45) is 0. The minimum Gasteiger partial charge on any atom is -0.292 e. The van der Waals surface area contributed by atoms with Gasteiger partial charge in [-0.15, -0.1) is 0 Å². The van der Waals surface area contributed by atoms with Gasteiger partial charge in [0.1, 0.15) is 5.82 Å². The average molecular weight is 673 g/mol. The zero-order valence-electron chi connectivity index (χ0n) is 28.9. The second kappa shape index (κ2) is 11.8. The molecule has 0 atom stereocenters. The van der Waals surface area contributed by atoms with Gasteiger partial charge in [0.2, 0.25) is 0 Å². The van der Waals surface area contributed by atoms with Crippen LogP contribution in [0.1, 0.15) is 0 Å². The van der Waals surface area contributed by atoms with E-state index < -0.39 is 0 Å². The summed E-state index contributed by atoms with van der Waals surface area (Å²) in [6.45, 7) is 0. The van der Waals surface area contributed by atoms with Gasteiger partial charge >= 0.3 is 0 Å². The highest BCUT2D eigenvalue weighted by atomic mass is 15.1. The van der Waals surface area contributed by atoms with Gasteiger partial charge in [0.15, 0.2) is 0 Å². The van der Waals surface area contributed by atoms with Crippen molar-refractivity contribution in [2.45, 2.75) is 0 Å². The van der Waals surface area contributed by atoms with E-state index in [1.165, 1.54) is 76.1 Å². The van der Waals surface area contributed by atoms with Crippen molar-refractivity contribution in [1.82, 2.24) is 9.55 Å². The molecule has 1 aromatic heterocycles. The van der Waals surface area contributed by atoms with Crippen LogP contribution in [-0.2, 0) is 0 Å². The molecular weight excluding hydrogens is 641 g/mol. The normalized spacial score (nSPS) is 11.8. The Morgan fingerprint density at radius 3 is 1.68 bits per heavy atom. The lowest BCUT2D eigenvalue weighted by Crippen LogP contribution is -1.98. The fourth-order valence-electron chi connectivity index (χ4n) is 8.57. The molecule has 11 rings (SSSR count). The first-order valence-electron chi connectivity index (χ1n) is 18.2. The zero-order chi connectivity index (χ0) is 34.9. The number of benzene rings is 10. The Morgan fingerprint density at radius 2 is 0.925 bits per heavy atom. The van der Waals surface area contributed by atoms with E-state index in [4.69, 9.17) is 4.98 Å². The van der Waals surface area contributed by atoms with Gasteiger partial charge in [0, 0.05) is 11.3 Å². The van der Waals surface area contributed by atoms with E-state index in [-0.39, 0.29) is 0 Å². The van der Waals surface area contributed by atoms with Crippen LogP contribution in [0.5, 0.6) is 0 Å². The number of aromatic nitrogens is 2. The molecule has 0 aliphatic rings. The highest BCUT2D eigenvalue weighted by Crippen LogP contribution is 2.46. The fourth-order valence-corrected chi connectivity index (χ4v) is 8.57. The van der Waals surface area contributed by atoms with Crippen LogP contribution in [0.3, 0.4) is 0 Å². The molecule has 0 spiro atoms. The highest BCUT2D eigenvalue weighted by Gasteiger charge is 2.19. The molecule has 246 valence electrons. The van der Waals surface area contributed by atoms with Crippen LogP contribution in [0.25, 0.3) is 104 Å². The minimum atomic E-state index is 0.940. The van der Waals surface area contributed by atoms with Crippen molar-refractivity contribution in [3.8, 4) is 39.3 Å². The first-order valence-corrected chi connectivity index (χ1v) is 18.2. The molecule has 0 bridgehead atoms. The molecule has 1 heterocycles. The molecule has 0 fully saturated rings. The summed E-state index contributed by atoms with van der Waals surface area (Å²) in [5.74, 6) is 0.940. The molecule has 0 saturated heterocycles. The summed E-state index contributed by atoms with van der Waals surface area (Å²) in [5.41, 5.74) is 9.23. The van der Waals surface area contributed by atoms with Crippen LogP contribution < -0.4 is 0 Å². The Bertz CT molecular complexity index is 3150. The van der Waals surface area contributed by atoms with Gasteiger partial charge < -0.3 is 0 Å². The molecular formula is C51H32N2. The molecule has 0 aliphatic heterocycles. The lowest BCUT2D eigenvalue weighted by atomic mass is 9.84. The smallest absolute Gasteiger partial charge is 0.145 e. The zero-order valence-corrected chi connectivity index (χ0v) is 28.9. The number of hydrogen-bond acceptors (Lipinski definition) is 1. The third kappa shape index (κ3) is 4.63. The number of rotatable bonds is 4. The van der Waals surface area contributed by atoms with Gasteiger partial charge in [-0.05, 0) is 113 Å². The molecule has 0 unspecified atom stereocenters. The summed E-state index contributed by atoms with van der Waals surface area (Å²) in [6, 6.07) is 70.5. The predicted octanol–water partition coefficient (Wildman–Crippen LogP) is 13.8. The second-order valence-electron chi connectivity index (χ2n) is 13.9. The third-order valence-corrected chi connectivity index (χ3v) is 11.0. The van der Waals surface area contributed by atoms with E-state index in [1.807, 2.05) is 0 Å². The summed E-state index contributed by atoms with van der Waals surface area (Å²) >= 11 is 0. The van der Waals surface area contributed by atoms with Crippen LogP contribution in [0.15, 0.2) is 194 Å². The van der Waals surface area contributed by atoms with E-state index in [9.17, 15) is 0 Å². The Morgan fingerprint density at radius 1 is 0.340 bits per heavy atom. The van der Waals surface area contributed by atoms with Crippen molar-refractivity contribution in [2.24, 2.45) is 0 Å². The monoisotopic (exact) mass is 672 g/mol. The molecule has 0 saturated carbocycles. The lowest BCUT2D eigenvalue weighted by molar-refractivity contribution is 1.10. The molecule has 0 amide bonds. The Hall–Kier alpha value is -7.03. The fraction of sp³-hybridized carbons (Fsp3) is 0. The van der Waals surface area contributed by atoms with Crippen molar-refractivity contribution >= 4 is 64.9 Å². The van der Waals surface area contributed by atoms with E-state index in [0.29, 0.717) is 0 Å². The maximum Gasteiger partial charge on any atom is 0.145 e. The minimum absolute atomic E-state index is 0.940. The molecule has 2 nitrogen and oxygen atoms in total. The quantitative estimate of drug-likeness (QED) is 0.134. The Balaban J connectivity index is 1.14. The SMILES string of the molecule is c1ccc(-c2nc3ccccc3n2-c2ccc(-c3c4ccccc4c(-c4cccc5cc6ccc7ccccc7c6cc45)c4ccccc34)cc2)cc1. The number of para-hydroxylation sites is 2. The highest BCUT2D eigenvalue weighted by molar-refractivity contribution is 6.24. The number of nitrogens with zero attached hydrogens (tertiary/aromatic N) is 2. The standard InChI is InChI=1S/C51H32N2/c1-2-14-35(15-3-1)51-52-47-23-10-11-24-48(47)53(51)38-29-27-34(28-30-38)49-40-18-6-8-20-42(40)50(43-21-9-7-19-41(43)49)44-22-12-16-36-31-37-26-25-33-13-4-5-17-39(33)45(37)32-46(36)44/h1-32H. The molecule has 53 heavy (non-hydrogen) atoms. The first-order chi connectivity index (χ1) is 26.3. The van der Waals surface area contributed by atoms with Gasteiger partial charge in [-0.25, -0.2) is 4.98 Å². The van der Waals surface area contributed by atoms with Gasteiger partial charge in [-0.1, -0.05) is 158 Å². The third-order valence-electron chi connectivity index (χ3n) is 11.0. The van der Waals surface area contributed by atoms with Gasteiger partial charge in [0.05, 0.1) is 11.0 Å². The topological polar surface area (TPSA) is 17.8 Å². The average Bonchev–Trinajstić information content (AvgIpc) is 3.62. The summed E-state index contributed by atoms with van der Waals surface area (Å²) in [4.78, 5) is 5.08. The molecule has 0 radical (unpaired) electrons. The van der Waals surface area contributed by atoms with E-state index in [2.05, 4.69) is 199 Å². The molecule has 0 aliphatic carbocycles. The van der Waals surface area contributed by atoms with Crippen molar-refractivity contribution in [1.29, 1.82) is 0 Å². The summed E-state index contributed by atoms with van der Waals surface area (Å²) < 4.78 is 2.28. The van der Waals surface area contributed by atoms with Crippen LogP contribution in [0.4, 0.5) is 0 Å². The van der Waals surface area contributed by atoms with Gasteiger partial charge in [-0.3, -0.25) is 4.57 Å². The van der Waals surface area contributed by atoms with Crippen LogP contribution in [-0.4, -0.2) is 9.55 Å². The van der Waals surface area contributed by atoms with Crippen LogP contribution >= 0.6 is 0 Å². The largest absolute Gasteiger partial charge is 0.292 e. The van der Waals surface area contributed by atoms with Gasteiger partial charge in [0.25, 0.3) is 0 Å². The maximum absolute atomic E-state index is 5.08. The van der Waals surface area contributed by atoms with E-state index in [1.54, 1.807) is 0 Å². The molecule has 11 aromatic rings. The Kier molecular flexibility index (Phi) is 6.59. The summed E-state index contributed by atoms with van der Waals surface area (Å²) in [5, 5.41) is 12.6. The van der Waals surface area contributed by atoms with Crippen LogP contribution in [0, 0.1) is 0 Å². The van der Waals surface area contributed by atoms with Crippen molar-refractivity contribution < 1.29 is 0 Å². The van der Waals surface area contributed by atoms with Crippen LogP contribution in [0.2, 0.25) is 0 Å².